The second-order valence-corrected chi connectivity index (χ2v) is 5.97. The summed E-state index contributed by atoms with van der Waals surface area (Å²) in [6.45, 7) is 0. The Labute approximate surface area is 118 Å². The van der Waals surface area contributed by atoms with E-state index < -0.39 is 0 Å². The third kappa shape index (κ3) is 3.35. The molecule has 18 heavy (non-hydrogen) atoms. The standard InChI is InChI=1S/C16H11IN/c1-17-16-10-14(9-15(11-16)12-18)8-7-13-5-3-2-4-6-13/h2-6,9-11H,1H3/q-1. The molecule has 0 bridgehead atoms. The number of hydrogen-bond donors (Lipinski definition) is 0. The summed E-state index contributed by atoms with van der Waals surface area (Å²) < 4.78 is 1.25. The third-order valence-electron chi connectivity index (χ3n) is 2.37. The normalized spacial score (nSPS) is 9.33. The van der Waals surface area contributed by atoms with Crippen LogP contribution in [0.5, 0.6) is 0 Å². The van der Waals surface area contributed by atoms with Crippen molar-refractivity contribution in [3.63, 3.8) is 0 Å². The Balaban J connectivity index is 2.36. The van der Waals surface area contributed by atoms with Gasteiger partial charge in [0.2, 0.25) is 0 Å². The van der Waals surface area contributed by atoms with Gasteiger partial charge in [0.15, 0.2) is 0 Å². The van der Waals surface area contributed by atoms with E-state index in [0.717, 1.165) is 11.1 Å². The molecule has 0 fully saturated rings. The van der Waals surface area contributed by atoms with E-state index >= 15 is 0 Å². The topological polar surface area (TPSA) is 23.8 Å². The van der Waals surface area contributed by atoms with Crippen LogP contribution in [0.3, 0.4) is 0 Å². The Hall–Kier alpha value is -1.78. The quantitative estimate of drug-likeness (QED) is 0.401. The second kappa shape index (κ2) is 6.23. The molecule has 0 heterocycles. The molecule has 0 unspecified atom stereocenters. The molecule has 0 N–H and O–H groups in total. The van der Waals surface area contributed by atoms with Gasteiger partial charge in [0, 0.05) is 0 Å². The Kier molecular flexibility index (Phi) is 4.39. The van der Waals surface area contributed by atoms with Crippen molar-refractivity contribution in [2.75, 3.05) is 4.93 Å². The van der Waals surface area contributed by atoms with Crippen LogP contribution in [0, 0.1) is 26.7 Å². The zero-order valence-electron chi connectivity index (χ0n) is 9.94. The Bertz CT molecular complexity index is 642. The molecular formula is C16H11IN-. The molecule has 0 aliphatic heterocycles. The van der Waals surface area contributed by atoms with Crippen LogP contribution in [-0.2, 0) is 0 Å². The molecule has 2 rings (SSSR count). The molecule has 2 aromatic rings. The molecule has 0 spiro atoms. The summed E-state index contributed by atoms with van der Waals surface area (Å²) in [5.74, 6) is 6.24. The van der Waals surface area contributed by atoms with Crippen LogP contribution in [0.25, 0.3) is 0 Å². The molecular weight excluding hydrogens is 333 g/mol. The van der Waals surface area contributed by atoms with Crippen molar-refractivity contribution in [3.05, 3.63) is 68.8 Å². The molecule has 0 atom stereocenters. The van der Waals surface area contributed by atoms with Gasteiger partial charge in [-0.05, 0) is 0 Å². The predicted molar refractivity (Wildman–Crippen MR) is 68.2 cm³/mol. The summed E-state index contributed by atoms with van der Waals surface area (Å²) in [7, 11) is 0. The fourth-order valence-electron chi connectivity index (χ4n) is 1.50. The van der Waals surface area contributed by atoms with E-state index in [1.54, 1.807) is 0 Å². The molecule has 0 radical (unpaired) electrons. The van der Waals surface area contributed by atoms with E-state index in [-0.39, 0.29) is 21.2 Å². The van der Waals surface area contributed by atoms with Gasteiger partial charge >= 0.3 is 118 Å². The number of nitrogens with zero attached hydrogens (tertiary/aromatic N) is 1. The monoisotopic (exact) mass is 344 g/mol. The van der Waals surface area contributed by atoms with Gasteiger partial charge in [-0.3, -0.25) is 0 Å². The maximum absolute atomic E-state index is 8.98. The van der Waals surface area contributed by atoms with Crippen LogP contribution in [0.1, 0.15) is 16.7 Å². The van der Waals surface area contributed by atoms with Crippen molar-refractivity contribution in [1.82, 2.24) is 0 Å². The van der Waals surface area contributed by atoms with Gasteiger partial charge < -0.3 is 0 Å². The van der Waals surface area contributed by atoms with E-state index in [1.807, 2.05) is 42.5 Å². The number of benzene rings is 2. The zero-order chi connectivity index (χ0) is 12.8. The molecule has 0 saturated heterocycles. The van der Waals surface area contributed by atoms with Gasteiger partial charge in [-0.15, -0.1) is 0 Å². The maximum atomic E-state index is 8.98. The molecule has 2 heteroatoms. The fraction of sp³-hybridized carbons (Fsp3) is 0.0625. The van der Waals surface area contributed by atoms with Crippen molar-refractivity contribution >= 4 is 0 Å². The van der Waals surface area contributed by atoms with Crippen molar-refractivity contribution in [2.24, 2.45) is 0 Å². The number of rotatable bonds is 1. The van der Waals surface area contributed by atoms with Gasteiger partial charge in [0.1, 0.15) is 0 Å². The number of hydrogen-bond acceptors (Lipinski definition) is 1. The first-order valence-electron chi connectivity index (χ1n) is 5.43. The molecule has 88 valence electrons. The number of halogens is 1. The molecule has 2 aromatic carbocycles. The van der Waals surface area contributed by atoms with E-state index in [4.69, 9.17) is 5.26 Å². The first kappa shape index (κ1) is 12.7. The van der Waals surface area contributed by atoms with E-state index in [0.29, 0.717) is 5.56 Å². The number of nitriles is 1. The van der Waals surface area contributed by atoms with Crippen LogP contribution < -0.4 is 21.2 Å². The van der Waals surface area contributed by atoms with Gasteiger partial charge in [0.05, 0.1) is 0 Å². The minimum absolute atomic E-state index is 0.0158. The molecule has 0 aromatic heterocycles. The summed E-state index contributed by atoms with van der Waals surface area (Å²) in [6, 6.07) is 18.0. The molecule has 0 saturated carbocycles. The SMILES string of the molecule is C[I-]c1cc(C#N)cc(C#Cc2ccccc2)c1. The van der Waals surface area contributed by atoms with E-state index in [9.17, 15) is 0 Å². The minimum atomic E-state index is -0.0158. The van der Waals surface area contributed by atoms with Crippen LogP contribution in [0.15, 0.2) is 48.5 Å². The van der Waals surface area contributed by atoms with Crippen LogP contribution in [0.4, 0.5) is 0 Å². The molecule has 0 aliphatic rings. The average molecular weight is 344 g/mol. The van der Waals surface area contributed by atoms with E-state index in [2.05, 4.69) is 28.9 Å². The van der Waals surface area contributed by atoms with Crippen molar-refractivity contribution in [3.8, 4) is 17.9 Å². The van der Waals surface area contributed by atoms with Gasteiger partial charge in [-0.1, -0.05) is 0 Å². The Morgan fingerprint density at radius 1 is 0.889 bits per heavy atom. The predicted octanol–water partition coefficient (Wildman–Crippen LogP) is -0.154. The first-order chi connectivity index (χ1) is 8.81. The van der Waals surface area contributed by atoms with Crippen LogP contribution in [0.2, 0.25) is 0 Å². The zero-order valence-corrected chi connectivity index (χ0v) is 12.1. The Morgan fingerprint density at radius 3 is 2.22 bits per heavy atom. The summed E-state index contributed by atoms with van der Waals surface area (Å²) >= 11 is -0.0158. The number of alkyl halides is 1. The summed E-state index contributed by atoms with van der Waals surface area (Å²) in [6.07, 6.45) is 0. The van der Waals surface area contributed by atoms with Crippen molar-refractivity contribution in [1.29, 1.82) is 5.26 Å². The molecule has 0 amide bonds. The summed E-state index contributed by atoms with van der Waals surface area (Å²) in [5, 5.41) is 8.98. The summed E-state index contributed by atoms with van der Waals surface area (Å²) in [4.78, 5) is 2.18. The third-order valence-corrected chi connectivity index (χ3v) is 4.24. The second-order valence-electron chi connectivity index (χ2n) is 3.65. The fourth-order valence-corrected chi connectivity index (χ4v) is 2.80. The van der Waals surface area contributed by atoms with Crippen molar-refractivity contribution in [2.45, 2.75) is 0 Å². The van der Waals surface area contributed by atoms with E-state index in [1.165, 1.54) is 3.57 Å². The average Bonchev–Trinajstić information content (AvgIpc) is 2.45. The first-order valence-corrected chi connectivity index (χ1v) is 8.67. The summed E-state index contributed by atoms with van der Waals surface area (Å²) in [5.41, 5.74) is 2.62. The van der Waals surface area contributed by atoms with Crippen LogP contribution >= 0.6 is 0 Å². The molecule has 1 nitrogen and oxygen atoms in total. The van der Waals surface area contributed by atoms with Crippen molar-refractivity contribution < 1.29 is 21.2 Å². The molecule has 0 aliphatic carbocycles. The van der Waals surface area contributed by atoms with Crippen LogP contribution in [-0.4, -0.2) is 4.93 Å². The van der Waals surface area contributed by atoms with Gasteiger partial charge in [0.25, 0.3) is 0 Å². The van der Waals surface area contributed by atoms with Gasteiger partial charge in [-0.25, -0.2) is 0 Å². The van der Waals surface area contributed by atoms with Gasteiger partial charge in [-0.2, -0.15) is 0 Å². The Morgan fingerprint density at radius 2 is 1.56 bits per heavy atom.